The third-order valence-corrected chi connectivity index (χ3v) is 3.75. The van der Waals surface area contributed by atoms with Gasteiger partial charge in [-0.1, -0.05) is 36.4 Å². The number of nitrogens with zero attached hydrogens (tertiary/aromatic N) is 2. The van der Waals surface area contributed by atoms with Crippen molar-refractivity contribution in [2.24, 2.45) is 4.99 Å². The fourth-order valence-corrected chi connectivity index (χ4v) is 2.67. The predicted octanol–water partition coefficient (Wildman–Crippen LogP) is 2.96. The van der Waals surface area contributed by atoms with E-state index in [0.29, 0.717) is 12.1 Å². The quantitative estimate of drug-likeness (QED) is 0.678. The third-order valence-electron chi connectivity index (χ3n) is 3.75. The van der Waals surface area contributed by atoms with Gasteiger partial charge in [-0.05, 0) is 24.1 Å². The van der Waals surface area contributed by atoms with Crippen LogP contribution in [0.25, 0.3) is 0 Å². The maximum absolute atomic E-state index is 13.7. The number of benzene rings is 2. The molecule has 21 heavy (non-hydrogen) atoms. The minimum atomic E-state index is -0.192. The average Bonchev–Trinajstić information content (AvgIpc) is 2.94. The number of anilines is 1. The fraction of sp³-hybridized carbons (Fsp3) is 0.235. The summed E-state index contributed by atoms with van der Waals surface area (Å²) in [5.74, 6) is 0.588. The second-order valence-corrected chi connectivity index (χ2v) is 5.02. The van der Waals surface area contributed by atoms with E-state index in [2.05, 4.69) is 33.4 Å². The van der Waals surface area contributed by atoms with Gasteiger partial charge in [0.15, 0.2) is 5.96 Å². The summed E-state index contributed by atoms with van der Waals surface area (Å²) < 4.78 is 13.7. The Hall–Kier alpha value is -2.36. The lowest BCUT2D eigenvalue weighted by atomic mass is 10.2. The Labute approximate surface area is 124 Å². The van der Waals surface area contributed by atoms with Crippen LogP contribution in [0, 0.1) is 5.82 Å². The van der Waals surface area contributed by atoms with Crippen LogP contribution in [0.4, 0.5) is 10.1 Å². The van der Waals surface area contributed by atoms with Crippen molar-refractivity contribution in [1.82, 2.24) is 5.32 Å². The molecule has 0 radical (unpaired) electrons. The van der Waals surface area contributed by atoms with E-state index in [-0.39, 0.29) is 5.82 Å². The molecule has 4 heteroatoms. The van der Waals surface area contributed by atoms with Gasteiger partial charge in [-0.25, -0.2) is 4.39 Å². The van der Waals surface area contributed by atoms with Crippen molar-refractivity contribution in [3.05, 3.63) is 65.5 Å². The highest BCUT2D eigenvalue weighted by Crippen LogP contribution is 2.27. The molecule has 0 unspecified atom stereocenters. The number of hydrogen-bond donors (Lipinski definition) is 1. The van der Waals surface area contributed by atoms with Crippen molar-refractivity contribution < 1.29 is 4.39 Å². The number of fused-ring (bicyclic) bond motifs is 1. The monoisotopic (exact) mass is 283 g/mol. The van der Waals surface area contributed by atoms with Crippen molar-refractivity contribution >= 4 is 11.6 Å². The van der Waals surface area contributed by atoms with Crippen molar-refractivity contribution in [2.75, 3.05) is 18.5 Å². The third kappa shape index (κ3) is 2.75. The lowest BCUT2D eigenvalue weighted by molar-refractivity contribution is 0.605. The largest absolute Gasteiger partial charge is 0.352 e. The lowest BCUT2D eigenvalue weighted by Crippen LogP contribution is -2.40. The normalized spacial score (nSPS) is 14.2. The van der Waals surface area contributed by atoms with E-state index < -0.39 is 0 Å². The number of halogens is 1. The molecule has 0 spiro atoms. The molecule has 0 fully saturated rings. The summed E-state index contributed by atoms with van der Waals surface area (Å²) in [7, 11) is 1.75. The van der Waals surface area contributed by atoms with E-state index in [1.165, 1.54) is 17.3 Å². The van der Waals surface area contributed by atoms with Crippen molar-refractivity contribution in [3.8, 4) is 0 Å². The van der Waals surface area contributed by atoms with E-state index in [1.807, 2.05) is 12.1 Å². The first-order chi connectivity index (χ1) is 10.3. The molecule has 108 valence electrons. The van der Waals surface area contributed by atoms with Crippen LogP contribution in [0.15, 0.2) is 53.5 Å². The molecule has 2 aromatic rings. The first-order valence-corrected chi connectivity index (χ1v) is 7.09. The number of nitrogens with one attached hydrogen (secondary N) is 1. The van der Waals surface area contributed by atoms with Crippen LogP contribution in [0.1, 0.15) is 11.1 Å². The van der Waals surface area contributed by atoms with Gasteiger partial charge in [0.1, 0.15) is 5.82 Å². The van der Waals surface area contributed by atoms with E-state index >= 15 is 0 Å². The summed E-state index contributed by atoms with van der Waals surface area (Å²) in [6.45, 7) is 1.33. The summed E-state index contributed by atoms with van der Waals surface area (Å²) in [6.07, 6.45) is 1.01. The Balaban J connectivity index is 1.74. The van der Waals surface area contributed by atoms with E-state index in [4.69, 9.17) is 0 Å². The predicted molar refractivity (Wildman–Crippen MR) is 84.1 cm³/mol. The maximum atomic E-state index is 13.7. The first-order valence-electron chi connectivity index (χ1n) is 7.09. The van der Waals surface area contributed by atoms with Gasteiger partial charge in [-0.3, -0.25) is 4.99 Å². The smallest absolute Gasteiger partial charge is 0.198 e. The van der Waals surface area contributed by atoms with Crippen molar-refractivity contribution in [2.45, 2.75) is 13.0 Å². The van der Waals surface area contributed by atoms with Gasteiger partial charge in [0.25, 0.3) is 0 Å². The molecule has 0 aliphatic carbocycles. The lowest BCUT2D eigenvalue weighted by Gasteiger charge is -2.22. The van der Waals surface area contributed by atoms with Crippen LogP contribution in [0.2, 0.25) is 0 Å². The summed E-state index contributed by atoms with van der Waals surface area (Å²) in [6, 6.07) is 15.1. The van der Waals surface area contributed by atoms with Crippen LogP contribution < -0.4 is 10.2 Å². The Morgan fingerprint density at radius 1 is 1.19 bits per heavy atom. The topological polar surface area (TPSA) is 27.6 Å². The molecule has 3 rings (SSSR count). The van der Waals surface area contributed by atoms with Gasteiger partial charge < -0.3 is 10.2 Å². The number of guanidine groups is 1. The zero-order valence-corrected chi connectivity index (χ0v) is 12.0. The molecule has 0 bridgehead atoms. The minimum absolute atomic E-state index is 0.192. The molecule has 0 saturated heterocycles. The Morgan fingerprint density at radius 2 is 1.95 bits per heavy atom. The van der Waals surface area contributed by atoms with Gasteiger partial charge in [-0.2, -0.15) is 0 Å². The zero-order chi connectivity index (χ0) is 14.7. The van der Waals surface area contributed by atoms with Gasteiger partial charge in [0, 0.05) is 31.4 Å². The second kappa shape index (κ2) is 5.95. The first kappa shape index (κ1) is 13.6. The molecule has 0 atom stereocenters. The maximum Gasteiger partial charge on any atom is 0.198 e. The highest BCUT2D eigenvalue weighted by Gasteiger charge is 2.22. The van der Waals surface area contributed by atoms with Crippen molar-refractivity contribution in [3.63, 3.8) is 0 Å². The average molecular weight is 283 g/mol. The molecular formula is C17H18FN3. The van der Waals surface area contributed by atoms with E-state index in [9.17, 15) is 4.39 Å². The van der Waals surface area contributed by atoms with E-state index in [1.54, 1.807) is 19.2 Å². The highest BCUT2D eigenvalue weighted by molar-refractivity contribution is 5.97. The Morgan fingerprint density at radius 3 is 2.76 bits per heavy atom. The summed E-state index contributed by atoms with van der Waals surface area (Å²) in [5.41, 5.74) is 3.15. The summed E-state index contributed by atoms with van der Waals surface area (Å²) in [5, 5.41) is 3.25. The minimum Gasteiger partial charge on any atom is -0.352 e. The van der Waals surface area contributed by atoms with Gasteiger partial charge in [-0.15, -0.1) is 0 Å². The molecule has 2 aromatic carbocycles. The SMILES string of the molecule is CN=C(NCc1ccccc1F)N1CCc2ccccc21. The Kier molecular flexibility index (Phi) is 3.86. The standard InChI is InChI=1S/C17H18FN3/c1-19-17(20-12-14-7-2-4-8-15(14)18)21-11-10-13-6-3-5-9-16(13)21/h2-9H,10-12H2,1H3,(H,19,20). The number of para-hydroxylation sites is 1. The Bertz CT molecular complexity index is 667. The number of aliphatic imine (C=N–C) groups is 1. The molecule has 1 aliphatic heterocycles. The number of rotatable bonds is 2. The van der Waals surface area contributed by atoms with Crippen LogP contribution in [0.5, 0.6) is 0 Å². The molecular weight excluding hydrogens is 265 g/mol. The molecule has 0 amide bonds. The molecule has 3 nitrogen and oxygen atoms in total. The molecule has 1 heterocycles. The zero-order valence-electron chi connectivity index (χ0n) is 12.0. The van der Waals surface area contributed by atoms with Crippen LogP contribution in [0.3, 0.4) is 0 Å². The van der Waals surface area contributed by atoms with Gasteiger partial charge in [0.05, 0.1) is 0 Å². The fourth-order valence-electron chi connectivity index (χ4n) is 2.67. The van der Waals surface area contributed by atoms with Gasteiger partial charge >= 0.3 is 0 Å². The molecule has 0 saturated carbocycles. The molecule has 0 aromatic heterocycles. The van der Waals surface area contributed by atoms with Crippen LogP contribution in [-0.2, 0) is 13.0 Å². The second-order valence-electron chi connectivity index (χ2n) is 5.02. The van der Waals surface area contributed by atoms with Gasteiger partial charge in [0.2, 0.25) is 0 Å². The van der Waals surface area contributed by atoms with E-state index in [0.717, 1.165) is 18.9 Å². The summed E-state index contributed by atoms with van der Waals surface area (Å²) in [4.78, 5) is 6.47. The number of hydrogen-bond acceptors (Lipinski definition) is 1. The van der Waals surface area contributed by atoms with Crippen molar-refractivity contribution in [1.29, 1.82) is 0 Å². The summed E-state index contributed by atoms with van der Waals surface area (Å²) >= 11 is 0. The van der Waals surface area contributed by atoms with Crippen LogP contribution in [-0.4, -0.2) is 19.6 Å². The highest BCUT2D eigenvalue weighted by atomic mass is 19.1. The molecule has 1 aliphatic rings. The van der Waals surface area contributed by atoms with Crippen LogP contribution >= 0.6 is 0 Å². The molecule has 1 N–H and O–H groups in total.